The predicted molar refractivity (Wildman–Crippen MR) is 105 cm³/mol. The van der Waals surface area contributed by atoms with Crippen LogP contribution in [-0.4, -0.2) is 55.1 Å². The maximum atomic E-state index is 5.98. The number of nitrogens with zero attached hydrogens (tertiary/aromatic N) is 5. The molecule has 25 heavy (non-hydrogen) atoms. The zero-order chi connectivity index (χ0) is 17.8. The average Bonchev–Trinajstić information content (AvgIpc) is 2.63. The first-order valence-corrected chi connectivity index (χ1v) is 9.11. The first-order valence-electron chi connectivity index (χ1n) is 8.73. The summed E-state index contributed by atoms with van der Waals surface area (Å²) in [6.45, 7) is 3.11. The van der Waals surface area contributed by atoms with Gasteiger partial charge in [0.25, 0.3) is 0 Å². The number of aromatic nitrogens is 2. The molecular weight excluding hydrogens is 334 g/mol. The first-order chi connectivity index (χ1) is 12.0. The van der Waals surface area contributed by atoms with Gasteiger partial charge in [0.1, 0.15) is 5.82 Å². The molecule has 0 amide bonds. The van der Waals surface area contributed by atoms with E-state index in [1.807, 2.05) is 43.4 Å². The van der Waals surface area contributed by atoms with Crippen LogP contribution in [0.5, 0.6) is 0 Å². The zero-order valence-corrected chi connectivity index (χ0v) is 15.9. The van der Waals surface area contributed by atoms with Crippen molar-refractivity contribution in [1.82, 2.24) is 14.9 Å². The Labute approximate surface area is 155 Å². The molecule has 1 unspecified atom stereocenters. The van der Waals surface area contributed by atoms with Crippen molar-refractivity contribution in [2.24, 2.45) is 0 Å². The third-order valence-electron chi connectivity index (χ3n) is 4.75. The summed E-state index contributed by atoms with van der Waals surface area (Å²) in [7, 11) is 6.10. The number of benzene rings is 1. The topological polar surface area (TPSA) is 35.5 Å². The van der Waals surface area contributed by atoms with Gasteiger partial charge >= 0.3 is 0 Å². The molecule has 1 fully saturated rings. The van der Waals surface area contributed by atoms with Gasteiger partial charge in [0.15, 0.2) is 0 Å². The minimum Gasteiger partial charge on any atom is -0.363 e. The van der Waals surface area contributed by atoms with Crippen molar-refractivity contribution >= 4 is 23.4 Å². The van der Waals surface area contributed by atoms with Crippen molar-refractivity contribution in [2.75, 3.05) is 44.0 Å². The van der Waals surface area contributed by atoms with Crippen LogP contribution < -0.4 is 9.80 Å². The highest BCUT2D eigenvalue weighted by molar-refractivity contribution is 6.30. The number of piperidine rings is 1. The fourth-order valence-electron chi connectivity index (χ4n) is 3.26. The highest BCUT2D eigenvalue weighted by Crippen LogP contribution is 2.21. The highest BCUT2D eigenvalue weighted by Gasteiger charge is 2.25. The molecule has 0 saturated carbocycles. The van der Waals surface area contributed by atoms with Crippen LogP contribution in [-0.2, 0) is 6.54 Å². The van der Waals surface area contributed by atoms with E-state index in [2.05, 4.69) is 38.9 Å². The molecule has 1 aromatic heterocycles. The summed E-state index contributed by atoms with van der Waals surface area (Å²) in [5.74, 6) is 1.73. The minimum atomic E-state index is 0.429. The lowest BCUT2D eigenvalue weighted by atomic mass is 10.0. The Morgan fingerprint density at radius 2 is 1.92 bits per heavy atom. The van der Waals surface area contributed by atoms with Crippen molar-refractivity contribution in [3.8, 4) is 0 Å². The number of hydrogen-bond acceptors (Lipinski definition) is 5. The Balaban J connectivity index is 1.66. The van der Waals surface area contributed by atoms with Gasteiger partial charge < -0.3 is 9.80 Å². The van der Waals surface area contributed by atoms with Crippen molar-refractivity contribution in [2.45, 2.75) is 25.4 Å². The van der Waals surface area contributed by atoms with E-state index in [-0.39, 0.29) is 0 Å². The molecule has 5 nitrogen and oxygen atoms in total. The number of anilines is 2. The quantitative estimate of drug-likeness (QED) is 0.818. The van der Waals surface area contributed by atoms with Crippen LogP contribution in [0.25, 0.3) is 0 Å². The summed E-state index contributed by atoms with van der Waals surface area (Å²) in [5, 5.41) is 0.790. The molecule has 0 radical (unpaired) electrons. The molecule has 134 valence electrons. The van der Waals surface area contributed by atoms with Gasteiger partial charge in [0, 0.05) is 51.5 Å². The summed E-state index contributed by atoms with van der Waals surface area (Å²) in [4.78, 5) is 15.9. The number of rotatable bonds is 5. The molecule has 0 spiro atoms. The molecule has 2 heterocycles. The molecule has 3 rings (SSSR count). The Kier molecular flexibility index (Phi) is 5.76. The third kappa shape index (κ3) is 4.61. The monoisotopic (exact) mass is 359 g/mol. The van der Waals surface area contributed by atoms with Crippen molar-refractivity contribution in [3.63, 3.8) is 0 Å². The molecule has 0 N–H and O–H groups in total. The van der Waals surface area contributed by atoms with E-state index in [0.717, 1.165) is 36.4 Å². The molecule has 0 bridgehead atoms. The van der Waals surface area contributed by atoms with Crippen molar-refractivity contribution in [1.29, 1.82) is 0 Å². The average molecular weight is 360 g/mol. The summed E-state index contributed by atoms with van der Waals surface area (Å²) >= 11 is 5.98. The van der Waals surface area contributed by atoms with Gasteiger partial charge in [0.2, 0.25) is 5.95 Å². The maximum Gasteiger partial charge on any atom is 0.227 e. The highest BCUT2D eigenvalue weighted by atomic mass is 35.5. The minimum absolute atomic E-state index is 0.429. The summed E-state index contributed by atoms with van der Waals surface area (Å²) in [6.07, 6.45) is 4.20. The fraction of sp³-hybridized carbons (Fsp3) is 0.474. The van der Waals surface area contributed by atoms with Gasteiger partial charge in [-0.05, 0) is 43.1 Å². The number of hydrogen-bond donors (Lipinski definition) is 0. The second kappa shape index (κ2) is 8.02. The zero-order valence-electron chi connectivity index (χ0n) is 15.2. The van der Waals surface area contributed by atoms with Crippen molar-refractivity contribution < 1.29 is 0 Å². The summed E-state index contributed by atoms with van der Waals surface area (Å²) in [6, 6.07) is 10.5. The second-order valence-electron chi connectivity index (χ2n) is 6.88. The molecule has 1 aromatic carbocycles. The van der Waals surface area contributed by atoms with E-state index in [0.29, 0.717) is 6.04 Å². The summed E-state index contributed by atoms with van der Waals surface area (Å²) < 4.78 is 0. The lowest BCUT2D eigenvalue weighted by molar-refractivity contribution is 0.198. The Bertz CT molecular complexity index is 688. The van der Waals surface area contributed by atoms with E-state index in [9.17, 15) is 0 Å². The van der Waals surface area contributed by atoms with Gasteiger partial charge in [-0.25, -0.2) is 4.98 Å². The Morgan fingerprint density at radius 3 is 2.64 bits per heavy atom. The number of halogens is 1. The van der Waals surface area contributed by atoms with E-state index >= 15 is 0 Å². The van der Waals surface area contributed by atoms with Crippen LogP contribution in [0.3, 0.4) is 0 Å². The van der Waals surface area contributed by atoms with Gasteiger partial charge in [-0.2, -0.15) is 4.98 Å². The lowest BCUT2D eigenvalue weighted by Gasteiger charge is -2.37. The third-order valence-corrected chi connectivity index (χ3v) is 5.00. The number of likely N-dealkylation sites (N-methyl/N-ethyl adjacent to an activating group) is 1. The molecule has 1 aliphatic heterocycles. The first kappa shape index (κ1) is 18.0. The van der Waals surface area contributed by atoms with Crippen LogP contribution in [0.2, 0.25) is 5.02 Å². The van der Waals surface area contributed by atoms with Crippen molar-refractivity contribution in [3.05, 3.63) is 47.1 Å². The fourth-order valence-corrected chi connectivity index (χ4v) is 3.39. The molecular formula is C19H26ClN5. The van der Waals surface area contributed by atoms with E-state index in [1.54, 1.807) is 0 Å². The Hall–Kier alpha value is -1.85. The van der Waals surface area contributed by atoms with E-state index in [4.69, 9.17) is 11.6 Å². The molecule has 6 heteroatoms. The van der Waals surface area contributed by atoms with Gasteiger partial charge in [0.05, 0.1) is 0 Å². The van der Waals surface area contributed by atoms with Crippen LogP contribution in [0.4, 0.5) is 11.8 Å². The SMILES string of the molecule is CN(C)c1ccnc(N(C)C2CCCN(Cc3ccc(Cl)cc3)C2)n1. The molecule has 1 atom stereocenters. The van der Waals surface area contributed by atoms with Crippen LogP contribution >= 0.6 is 11.6 Å². The standard InChI is InChI=1S/C19H26ClN5/c1-23(2)18-10-11-21-19(22-18)24(3)17-5-4-12-25(14-17)13-15-6-8-16(20)9-7-15/h6-11,17H,4-5,12-14H2,1-3H3. The van der Waals surface area contributed by atoms with Crippen LogP contribution in [0.15, 0.2) is 36.5 Å². The van der Waals surface area contributed by atoms with Crippen LogP contribution in [0, 0.1) is 0 Å². The summed E-state index contributed by atoms with van der Waals surface area (Å²) in [5.41, 5.74) is 1.30. The van der Waals surface area contributed by atoms with Gasteiger partial charge in [-0.15, -0.1) is 0 Å². The Morgan fingerprint density at radius 1 is 1.16 bits per heavy atom. The normalized spacial score (nSPS) is 18.2. The maximum absolute atomic E-state index is 5.98. The number of likely N-dealkylation sites (tertiary alicyclic amines) is 1. The van der Waals surface area contributed by atoms with Gasteiger partial charge in [-0.3, -0.25) is 4.90 Å². The van der Waals surface area contributed by atoms with E-state index < -0.39 is 0 Å². The lowest BCUT2D eigenvalue weighted by Crippen LogP contribution is -2.46. The second-order valence-corrected chi connectivity index (χ2v) is 7.31. The smallest absolute Gasteiger partial charge is 0.227 e. The predicted octanol–water partition coefficient (Wildman–Crippen LogP) is 3.30. The van der Waals surface area contributed by atoms with E-state index in [1.165, 1.54) is 18.4 Å². The van der Waals surface area contributed by atoms with Crippen LogP contribution in [0.1, 0.15) is 18.4 Å². The molecule has 1 aliphatic rings. The molecule has 2 aromatic rings. The molecule has 1 saturated heterocycles. The largest absolute Gasteiger partial charge is 0.363 e. The molecule has 0 aliphatic carbocycles. The van der Waals surface area contributed by atoms with Gasteiger partial charge in [-0.1, -0.05) is 23.7 Å².